The van der Waals surface area contributed by atoms with Gasteiger partial charge >= 0.3 is 11.9 Å². The number of halogens is 2. The number of carbonyl (C=O) groups excluding carboxylic acids is 2. The lowest BCUT2D eigenvalue weighted by Gasteiger charge is -2.22. The van der Waals surface area contributed by atoms with Crippen molar-refractivity contribution in [2.24, 2.45) is 0 Å². The van der Waals surface area contributed by atoms with Crippen molar-refractivity contribution in [2.45, 2.75) is 44.0 Å². The topological polar surface area (TPSA) is 130 Å². The summed E-state index contributed by atoms with van der Waals surface area (Å²) in [5.41, 5.74) is 2.12. The summed E-state index contributed by atoms with van der Waals surface area (Å²) in [6.45, 7) is 1.71. The third-order valence-electron chi connectivity index (χ3n) is 8.22. The Morgan fingerprint density at radius 2 is 1.73 bits per heavy atom. The van der Waals surface area contributed by atoms with Crippen LogP contribution >= 0.6 is 34.5 Å². The number of esters is 2. The van der Waals surface area contributed by atoms with Gasteiger partial charge in [-0.2, -0.15) is 0 Å². The lowest BCUT2D eigenvalue weighted by atomic mass is 10.0. The van der Waals surface area contributed by atoms with Crippen molar-refractivity contribution in [2.75, 3.05) is 34.4 Å². The predicted octanol–water partition coefficient (Wildman–Crippen LogP) is 6.32. The lowest BCUT2D eigenvalue weighted by Crippen LogP contribution is -2.34. The van der Waals surface area contributed by atoms with E-state index < -0.39 is 18.1 Å². The van der Waals surface area contributed by atoms with Crippen LogP contribution in [0.2, 0.25) is 10.0 Å². The van der Waals surface area contributed by atoms with Crippen LogP contribution in [-0.2, 0) is 27.2 Å². The van der Waals surface area contributed by atoms with Crippen molar-refractivity contribution in [1.29, 1.82) is 0 Å². The number of pyridine rings is 1. The van der Waals surface area contributed by atoms with E-state index in [9.17, 15) is 9.59 Å². The van der Waals surface area contributed by atoms with Gasteiger partial charge in [0.2, 0.25) is 0 Å². The number of rotatable bonds is 14. The van der Waals surface area contributed by atoms with Gasteiger partial charge in [-0.15, -0.1) is 11.3 Å². The first-order valence-corrected chi connectivity index (χ1v) is 16.9. The van der Waals surface area contributed by atoms with Crippen molar-refractivity contribution in [3.05, 3.63) is 110 Å². The Kier molecular flexibility index (Phi) is 13.6. The number of thiophene rings is 1. The van der Waals surface area contributed by atoms with E-state index in [1.807, 2.05) is 42.5 Å². The monoisotopic (exact) mass is 715 g/mol. The molecule has 2 aromatic carbocycles. The molecule has 4 aromatic rings. The van der Waals surface area contributed by atoms with Crippen LogP contribution in [0.3, 0.4) is 0 Å². The van der Waals surface area contributed by atoms with Crippen molar-refractivity contribution in [3.63, 3.8) is 0 Å². The molecule has 2 aromatic heterocycles. The Hall–Kier alpha value is -3.71. The van der Waals surface area contributed by atoms with E-state index >= 15 is 0 Å². The maximum absolute atomic E-state index is 13.5. The number of carbonyl (C=O) groups is 2. The molecule has 0 aliphatic carbocycles. The molecule has 0 radical (unpaired) electrons. The Morgan fingerprint density at radius 1 is 1.00 bits per heavy atom. The van der Waals surface area contributed by atoms with Crippen LogP contribution in [0.5, 0.6) is 11.5 Å². The minimum absolute atomic E-state index is 0. The highest BCUT2D eigenvalue weighted by Gasteiger charge is 2.28. The molecule has 0 amide bonds. The van der Waals surface area contributed by atoms with Crippen LogP contribution in [0, 0.1) is 0 Å². The van der Waals surface area contributed by atoms with E-state index in [4.69, 9.17) is 42.1 Å². The summed E-state index contributed by atoms with van der Waals surface area (Å²) in [6.07, 6.45) is 4.85. The normalized spacial score (nSPS) is 15.6. The van der Waals surface area contributed by atoms with Crippen LogP contribution in [0.1, 0.15) is 56.2 Å². The summed E-state index contributed by atoms with van der Waals surface area (Å²) in [5, 5.41) is 4.18. The third kappa shape index (κ3) is 9.25. The zero-order valence-corrected chi connectivity index (χ0v) is 29.2. The van der Waals surface area contributed by atoms with Crippen molar-refractivity contribution < 1.29 is 39.0 Å². The number of ether oxygens (including phenoxy) is 4. The summed E-state index contributed by atoms with van der Waals surface area (Å²) >= 11 is 14.2. The van der Waals surface area contributed by atoms with Gasteiger partial charge < -0.3 is 29.3 Å². The molecule has 0 saturated carbocycles. The van der Waals surface area contributed by atoms with Gasteiger partial charge in [-0.1, -0.05) is 59.6 Å². The van der Waals surface area contributed by atoms with Gasteiger partial charge in [0.05, 0.1) is 14.2 Å². The van der Waals surface area contributed by atoms with Gasteiger partial charge in [-0.3, -0.25) is 5.32 Å². The Morgan fingerprint density at radius 3 is 2.40 bits per heavy atom. The van der Waals surface area contributed by atoms with E-state index in [0.717, 1.165) is 29.8 Å². The van der Waals surface area contributed by atoms with Crippen LogP contribution in [0.15, 0.2) is 73.1 Å². The molecule has 0 spiro atoms. The molecule has 1 saturated heterocycles. The minimum atomic E-state index is -0.737. The van der Waals surface area contributed by atoms with Gasteiger partial charge in [0.15, 0.2) is 23.9 Å². The fourth-order valence-corrected chi connectivity index (χ4v) is 6.92. The first-order chi connectivity index (χ1) is 22.8. The molecule has 256 valence electrons. The second-order valence-electron chi connectivity index (χ2n) is 11.2. The van der Waals surface area contributed by atoms with Gasteiger partial charge in [0.1, 0.15) is 33.7 Å². The number of aromatic amines is 1. The maximum Gasteiger partial charge on any atom is 0.348 e. The van der Waals surface area contributed by atoms with E-state index in [1.54, 1.807) is 44.8 Å². The molecule has 1 aliphatic heterocycles. The third-order valence-corrected chi connectivity index (χ3v) is 9.96. The van der Waals surface area contributed by atoms with Crippen molar-refractivity contribution in [3.8, 4) is 11.5 Å². The molecule has 3 N–H and O–H groups in total. The SMILES string of the molecule is COc1ccc([C@H](Cc2c(Cl)c[nH+]cc2Cl)OC(=O)c2ccc(CNC(C(=O)OC[C@H]3CCCN3C)c3ccccc3)s2)cc1OC.[OH-]. The Labute approximate surface area is 294 Å². The molecule has 1 aliphatic rings. The predicted molar refractivity (Wildman–Crippen MR) is 183 cm³/mol. The van der Waals surface area contributed by atoms with Crippen LogP contribution in [0.25, 0.3) is 0 Å². The summed E-state index contributed by atoms with van der Waals surface area (Å²) in [7, 11) is 5.15. The summed E-state index contributed by atoms with van der Waals surface area (Å²) in [4.78, 5) is 33.2. The van der Waals surface area contributed by atoms with E-state index in [2.05, 4.69) is 22.2 Å². The zero-order chi connectivity index (χ0) is 33.3. The van der Waals surface area contributed by atoms with Crippen LogP contribution < -0.4 is 19.8 Å². The molecule has 1 fully saturated rings. The van der Waals surface area contributed by atoms with E-state index in [1.165, 1.54) is 11.3 Å². The van der Waals surface area contributed by atoms with Crippen LogP contribution in [0.4, 0.5) is 0 Å². The highest BCUT2D eigenvalue weighted by atomic mass is 35.5. The zero-order valence-electron chi connectivity index (χ0n) is 26.9. The summed E-state index contributed by atoms with van der Waals surface area (Å²) in [6, 6.07) is 18.0. The fourth-order valence-electron chi connectivity index (χ4n) is 5.54. The number of nitrogens with one attached hydrogen (secondary N) is 2. The summed E-state index contributed by atoms with van der Waals surface area (Å²) < 4.78 is 22.8. The second-order valence-corrected chi connectivity index (χ2v) is 13.2. The molecule has 10 nitrogen and oxygen atoms in total. The van der Waals surface area contributed by atoms with Crippen molar-refractivity contribution >= 4 is 46.5 Å². The summed E-state index contributed by atoms with van der Waals surface area (Å²) in [5.74, 6) is 0.207. The molecule has 5 rings (SSSR count). The average Bonchev–Trinajstić information content (AvgIpc) is 3.74. The Balaban J connectivity index is 0.00000520. The smallest absolute Gasteiger partial charge is 0.348 e. The number of hydrogen-bond acceptors (Lipinski definition) is 10. The standard InChI is InChI=1S/C35H37Cl2N3O6S.H2O/c1-40-15-7-10-24(40)21-45-35(42)33(22-8-5-4-6-9-22)39-18-25-12-14-32(47-25)34(41)46-30(17-26-27(36)19-38-20-28(26)37)23-11-13-29(43-2)31(16-23)44-3;/h4-6,8-9,11-14,16,19-20,24,30,33,39H,7,10,15,17-18,21H2,1-3H3;1H2/t24-,30+,33?;/m1./s1. The Bertz CT molecular complexity index is 1650. The van der Waals surface area contributed by atoms with Crippen LogP contribution in [-0.4, -0.2) is 62.8 Å². The van der Waals surface area contributed by atoms with Crippen molar-refractivity contribution in [1.82, 2.24) is 10.2 Å². The molecule has 1 unspecified atom stereocenters. The number of aromatic nitrogens is 1. The number of H-pyrrole nitrogens is 1. The minimum Gasteiger partial charge on any atom is -0.870 e. The molecular formula is C35H39Cl2N3O7S. The fraction of sp³-hybridized carbons (Fsp3) is 0.343. The number of likely N-dealkylation sites (N-methyl/N-ethyl adjacent to an activating group) is 1. The number of likely N-dealkylation sites (tertiary alicyclic amines) is 1. The quantitative estimate of drug-likeness (QED) is 0.149. The largest absolute Gasteiger partial charge is 0.870 e. The number of methoxy groups -OCH3 is 2. The molecule has 3 atom stereocenters. The molecule has 48 heavy (non-hydrogen) atoms. The lowest BCUT2D eigenvalue weighted by molar-refractivity contribution is -0.377. The molecule has 0 bridgehead atoms. The highest BCUT2D eigenvalue weighted by Crippen LogP contribution is 2.36. The number of nitrogens with zero attached hydrogens (tertiary/aromatic N) is 1. The van der Waals surface area contributed by atoms with Gasteiger partial charge in [0, 0.05) is 29.4 Å². The number of hydrogen-bond donors (Lipinski definition) is 1. The molecule has 13 heteroatoms. The first kappa shape index (κ1) is 37.1. The second kappa shape index (κ2) is 17.6. The average molecular weight is 717 g/mol. The van der Waals surface area contributed by atoms with Gasteiger partial charge in [-0.25, -0.2) is 14.6 Å². The maximum atomic E-state index is 13.5. The number of benzene rings is 2. The highest BCUT2D eigenvalue weighted by molar-refractivity contribution is 7.13. The van der Waals surface area contributed by atoms with Gasteiger partial charge in [0.25, 0.3) is 0 Å². The van der Waals surface area contributed by atoms with Gasteiger partial charge in [-0.05, 0) is 61.8 Å². The molecular weight excluding hydrogens is 677 g/mol. The first-order valence-electron chi connectivity index (χ1n) is 15.3. The van der Waals surface area contributed by atoms with E-state index in [0.29, 0.717) is 50.7 Å². The van der Waals surface area contributed by atoms with E-state index in [-0.39, 0.29) is 23.9 Å². The molecule has 3 heterocycles.